The van der Waals surface area contributed by atoms with Crippen molar-refractivity contribution in [3.63, 3.8) is 0 Å². The summed E-state index contributed by atoms with van der Waals surface area (Å²) in [4.78, 5) is 0. The van der Waals surface area contributed by atoms with Crippen molar-refractivity contribution >= 4 is 0 Å². The van der Waals surface area contributed by atoms with Crippen molar-refractivity contribution in [1.29, 1.82) is 0 Å². The monoisotopic (exact) mass is 520 g/mol. The Kier molecular flexibility index (Phi) is 12.1. The van der Waals surface area contributed by atoms with Gasteiger partial charge in [-0.2, -0.15) is 0 Å². The minimum Gasteiger partial charge on any atom is -1.00 e. The molecule has 0 heterocycles. The van der Waals surface area contributed by atoms with E-state index in [0.29, 0.717) is 0 Å². The van der Waals surface area contributed by atoms with Crippen LogP contribution >= 0.6 is 0 Å². The van der Waals surface area contributed by atoms with Gasteiger partial charge in [0.25, 0.3) is 0 Å². The first-order chi connectivity index (χ1) is 10.2. The molecule has 0 N–H and O–H groups in total. The van der Waals surface area contributed by atoms with Gasteiger partial charge in [0.05, 0.1) is 0 Å². The summed E-state index contributed by atoms with van der Waals surface area (Å²) < 4.78 is 3.82. The zero-order valence-corrected chi connectivity index (χ0v) is 20.2. The molecule has 0 fully saturated rings. The van der Waals surface area contributed by atoms with Gasteiger partial charge in [-0.15, -0.1) is 0 Å². The maximum absolute atomic E-state index is 2.49. The molecular formula is C20H30Cl2Hf. The minimum atomic E-state index is -0.768. The molecule has 23 heavy (non-hydrogen) atoms. The van der Waals surface area contributed by atoms with Crippen molar-refractivity contribution in [2.75, 3.05) is 0 Å². The van der Waals surface area contributed by atoms with E-state index < -0.39 is 22.9 Å². The predicted molar refractivity (Wildman–Crippen MR) is 89.9 cm³/mol. The molecule has 2 aliphatic carbocycles. The van der Waals surface area contributed by atoms with E-state index in [9.17, 15) is 0 Å². The summed E-state index contributed by atoms with van der Waals surface area (Å²) >= 11 is -0.768. The van der Waals surface area contributed by atoms with Gasteiger partial charge < -0.3 is 24.8 Å². The number of allylic oxidation sites excluding steroid dienone is 8. The molecule has 0 spiro atoms. The summed E-state index contributed by atoms with van der Waals surface area (Å²) in [5.74, 6) is 0. The van der Waals surface area contributed by atoms with Gasteiger partial charge in [0.2, 0.25) is 0 Å². The third kappa shape index (κ3) is 6.33. The van der Waals surface area contributed by atoms with Crippen LogP contribution in [0.25, 0.3) is 0 Å². The summed E-state index contributed by atoms with van der Waals surface area (Å²) in [5, 5.41) is 0. The second-order valence-electron chi connectivity index (χ2n) is 6.43. The summed E-state index contributed by atoms with van der Waals surface area (Å²) in [6.07, 6.45) is 15.6. The van der Waals surface area contributed by atoms with Gasteiger partial charge in [0.1, 0.15) is 0 Å². The van der Waals surface area contributed by atoms with Crippen LogP contribution in [0, 0.1) is 0 Å². The predicted octanol–water partition coefficient (Wildman–Crippen LogP) is 0.666. The average Bonchev–Trinajstić information content (AvgIpc) is 2.99. The number of halogens is 2. The van der Waals surface area contributed by atoms with E-state index in [-0.39, 0.29) is 24.8 Å². The standard InChI is InChI=1S/2C10H15.2ClH.Hf/c2*1-3-4-7-10-8-5-6-9(10)2;;;/h2*6H,3-5,7H2,1-2H3;2*1H;/q;;;;+2/p-2. The Morgan fingerprint density at radius 1 is 0.783 bits per heavy atom. The Morgan fingerprint density at radius 3 is 1.52 bits per heavy atom. The molecule has 0 aliphatic heterocycles. The molecule has 0 bridgehead atoms. The molecule has 3 heteroatoms. The Morgan fingerprint density at radius 2 is 1.17 bits per heavy atom. The number of hydrogen-bond donors (Lipinski definition) is 0. The van der Waals surface area contributed by atoms with Gasteiger partial charge >= 0.3 is 143 Å². The maximum atomic E-state index is 2.49. The van der Waals surface area contributed by atoms with E-state index in [1.807, 2.05) is 6.66 Å². The molecule has 2 aliphatic rings. The molecule has 0 nitrogen and oxygen atoms in total. The first-order valence-corrected chi connectivity index (χ1v) is 12.3. The Bertz CT molecular complexity index is 464. The fourth-order valence-electron chi connectivity index (χ4n) is 3.32. The molecule has 0 aromatic heterocycles. The summed E-state index contributed by atoms with van der Waals surface area (Å²) in [7, 11) is 0. The molecular weight excluding hydrogens is 490 g/mol. The topological polar surface area (TPSA) is 0 Å². The van der Waals surface area contributed by atoms with Crippen LogP contribution in [0.5, 0.6) is 0 Å². The molecule has 0 aromatic carbocycles. The summed E-state index contributed by atoms with van der Waals surface area (Å²) in [6, 6.07) is 0. The van der Waals surface area contributed by atoms with Crippen LogP contribution in [0.1, 0.15) is 79.1 Å². The third-order valence-electron chi connectivity index (χ3n) is 4.77. The molecule has 0 atom stereocenters. The fraction of sp³-hybridized carbons (Fsp3) is 0.600. The van der Waals surface area contributed by atoms with Crippen LogP contribution in [-0.2, 0) is 22.9 Å². The normalized spacial score (nSPS) is 16.7. The number of hydrogen-bond acceptors (Lipinski definition) is 0. The molecule has 2 rings (SSSR count). The molecule has 0 amide bonds. The van der Waals surface area contributed by atoms with E-state index in [4.69, 9.17) is 0 Å². The smallest absolute Gasteiger partial charge is 1.00 e. The second-order valence-corrected chi connectivity index (χ2v) is 11.7. The van der Waals surface area contributed by atoms with Crippen LogP contribution in [0.15, 0.2) is 41.1 Å². The van der Waals surface area contributed by atoms with Crippen molar-refractivity contribution in [3.8, 4) is 0 Å². The van der Waals surface area contributed by atoms with Crippen molar-refractivity contribution in [2.24, 2.45) is 0 Å². The van der Waals surface area contributed by atoms with E-state index in [1.54, 1.807) is 22.3 Å². The molecule has 0 radical (unpaired) electrons. The molecule has 0 unspecified atom stereocenters. The third-order valence-corrected chi connectivity index (χ3v) is 10.6. The zero-order chi connectivity index (χ0) is 15.2. The first kappa shape index (κ1) is 23.4. The van der Waals surface area contributed by atoms with Crippen molar-refractivity contribution in [2.45, 2.75) is 79.1 Å². The Labute approximate surface area is 167 Å². The van der Waals surface area contributed by atoms with Crippen molar-refractivity contribution in [3.05, 3.63) is 41.1 Å². The Hall–Kier alpha value is 0.410. The first-order valence-electron chi connectivity index (χ1n) is 8.72. The largest absolute Gasteiger partial charge is 1.00 e. The summed E-state index contributed by atoms with van der Waals surface area (Å²) in [6.45, 7) is 9.30. The molecule has 0 saturated carbocycles. The van der Waals surface area contributed by atoms with Crippen LogP contribution < -0.4 is 24.8 Å². The zero-order valence-electron chi connectivity index (χ0n) is 15.1. The quantitative estimate of drug-likeness (QED) is 0.414. The van der Waals surface area contributed by atoms with Crippen LogP contribution in [0.4, 0.5) is 0 Å². The van der Waals surface area contributed by atoms with Crippen molar-refractivity contribution < 1.29 is 47.7 Å². The van der Waals surface area contributed by atoms with E-state index in [1.165, 1.54) is 51.4 Å². The summed E-state index contributed by atoms with van der Waals surface area (Å²) in [5.41, 5.74) is 6.74. The Balaban J connectivity index is 0.00000242. The van der Waals surface area contributed by atoms with Crippen LogP contribution in [0.3, 0.4) is 0 Å². The van der Waals surface area contributed by atoms with Crippen molar-refractivity contribution in [1.82, 2.24) is 0 Å². The minimum absolute atomic E-state index is 0. The SMILES string of the molecule is CCCCC1=[C]([Hf+2][C]2=C(CCCC)C(C)=CC2)CC=C1C.[Cl-].[Cl-]. The van der Waals surface area contributed by atoms with Gasteiger partial charge in [0, 0.05) is 0 Å². The van der Waals surface area contributed by atoms with Gasteiger partial charge in [-0.05, 0) is 0 Å². The van der Waals surface area contributed by atoms with E-state index in [0.717, 1.165) is 0 Å². The van der Waals surface area contributed by atoms with Gasteiger partial charge in [-0.3, -0.25) is 0 Å². The van der Waals surface area contributed by atoms with Crippen LogP contribution in [0.2, 0.25) is 0 Å². The number of rotatable bonds is 8. The van der Waals surface area contributed by atoms with Gasteiger partial charge in [0.15, 0.2) is 0 Å². The van der Waals surface area contributed by atoms with Gasteiger partial charge in [-0.25, -0.2) is 0 Å². The molecule has 128 valence electrons. The van der Waals surface area contributed by atoms with E-state index in [2.05, 4.69) is 39.8 Å². The van der Waals surface area contributed by atoms with Gasteiger partial charge in [-0.1, -0.05) is 0 Å². The molecule has 0 saturated heterocycles. The number of unbranched alkanes of at least 4 members (excludes halogenated alkanes) is 2. The average molecular weight is 520 g/mol. The van der Waals surface area contributed by atoms with E-state index >= 15 is 0 Å². The second kappa shape index (κ2) is 11.9. The van der Waals surface area contributed by atoms with Crippen LogP contribution in [-0.4, -0.2) is 0 Å². The fourth-order valence-corrected chi connectivity index (χ4v) is 9.49. The molecule has 0 aromatic rings. The maximum Gasteiger partial charge on any atom is -1.00 e.